The summed E-state index contributed by atoms with van der Waals surface area (Å²) >= 11 is 0. The molecule has 0 saturated carbocycles. The molecule has 3 rings (SSSR count). The smallest absolute Gasteiger partial charge is 0.470 e. The first-order valence-corrected chi connectivity index (χ1v) is 6.48. The van der Waals surface area contributed by atoms with Gasteiger partial charge in [0.2, 0.25) is 5.88 Å². The molecule has 0 radical (unpaired) electrons. The van der Waals surface area contributed by atoms with Gasteiger partial charge in [0.25, 0.3) is 0 Å². The van der Waals surface area contributed by atoms with E-state index in [4.69, 9.17) is 4.74 Å². The van der Waals surface area contributed by atoms with Gasteiger partial charge in [0, 0.05) is 37.9 Å². The number of pyridine rings is 1. The van der Waals surface area contributed by atoms with E-state index in [1.54, 1.807) is 0 Å². The van der Waals surface area contributed by atoms with Crippen molar-refractivity contribution in [2.75, 3.05) is 20.1 Å². The van der Waals surface area contributed by atoms with Gasteiger partial charge in [0.1, 0.15) is 11.4 Å². The number of likely N-dealkylation sites (tertiary alicyclic amines) is 1. The predicted molar refractivity (Wildman–Crippen MR) is 64.7 cm³/mol. The number of nitrogens with zero attached hydrogens (tertiary/aromatic N) is 2. The van der Waals surface area contributed by atoms with Gasteiger partial charge in [-0.15, -0.1) is 13.2 Å². The van der Waals surface area contributed by atoms with E-state index in [-0.39, 0.29) is 11.4 Å². The number of halogens is 3. The zero-order chi connectivity index (χ0) is 14.4. The topological polar surface area (TPSA) is 34.6 Å². The fraction of sp³-hybridized carbons (Fsp3) is 0.615. The van der Waals surface area contributed by atoms with Crippen molar-refractivity contribution in [3.05, 3.63) is 17.8 Å². The highest BCUT2D eigenvalue weighted by Gasteiger charge is 2.42. The Morgan fingerprint density at radius 1 is 1.35 bits per heavy atom. The van der Waals surface area contributed by atoms with Crippen LogP contribution in [0.15, 0.2) is 12.3 Å². The first-order valence-electron chi connectivity index (χ1n) is 6.48. The number of ether oxygens (including phenoxy) is 2. The van der Waals surface area contributed by atoms with Crippen LogP contribution in [0.25, 0.3) is 0 Å². The number of piperidine rings is 1. The molecule has 2 aliphatic heterocycles. The van der Waals surface area contributed by atoms with Crippen molar-refractivity contribution >= 4 is 0 Å². The minimum absolute atomic E-state index is 0.287. The minimum atomic E-state index is -4.69. The molecule has 3 heterocycles. The Kier molecular flexibility index (Phi) is 3.04. The Morgan fingerprint density at radius 3 is 2.70 bits per heavy atom. The molecule has 0 N–H and O–H groups in total. The van der Waals surface area contributed by atoms with Crippen LogP contribution >= 0.6 is 0 Å². The Bertz CT molecular complexity index is 511. The molecule has 0 unspecified atom stereocenters. The molecule has 20 heavy (non-hydrogen) atoms. The molecule has 0 atom stereocenters. The summed E-state index contributed by atoms with van der Waals surface area (Å²) in [6.45, 7) is 1.83. The lowest BCUT2D eigenvalue weighted by molar-refractivity contribution is -0.274. The fourth-order valence-corrected chi connectivity index (χ4v) is 2.78. The van der Waals surface area contributed by atoms with E-state index < -0.39 is 6.36 Å². The number of fused-ring (bicyclic) bond motifs is 1. The molecule has 0 aliphatic carbocycles. The number of hydrogen-bond acceptors (Lipinski definition) is 4. The predicted octanol–water partition coefficient (Wildman–Crippen LogP) is 2.38. The maximum Gasteiger partial charge on any atom is 0.573 e. The van der Waals surface area contributed by atoms with Gasteiger partial charge in [0.15, 0.2) is 0 Å². The van der Waals surface area contributed by atoms with Gasteiger partial charge >= 0.3 is 6.36 Å². The Labute approximate surface area is 114 Å². The summed E-state index contributed by atoms with van der Waals surface area (Å²) in [6.07, 6.45) is -1.33. The molecule has 0 amide bonds. The quantitative estimate of drug-likeness (QED) is 0.794. The number of alkyl halides is 3. The van der Waals surface area contributed by atoms with E-state index in [0.29, 0.717) is 17.9 Å². The second-order valence-electron chi connectivity index (χ2n) is 5.45. The zero-order valence-corrected chi connectivity index (χ0v) is 11.0. The second kappa shape index (κ2) is 4.51. The molecule has 0 aromatic carbocycles. The molecule has 1 spiro atoms. The Balaban J connectivity index is 1.77. The SMILES string of the molecule is CN1CCC2(CC1)Cc1cc(OC(F)(F)F)cnc1O2. The van der Waals surface area contributed by atoms with Gasteiger partial charge < -0.3 is 14.4 Å². The molecule has 1 fully saturated rings. The van der Waals surface area contributed by atoms with Crippen molar-refractivity contribution in [2.24, 2.45) is 0 Å². The van der Waals surface area contributed by atoms with Crippen molar-refractivity contribution < 1.29 is 22.6 Å². The normalized spacial score (nSPS) is 21.6. The fourth-order valence-electron chi connectivity index (χ4n) is 2.78. The van der Waals surface area contributed by atoms with Crippen molar-refractivity contribution in [1.82, 2.24) is 9.88 Å². The van der Waals surface area contributed by atoms with Gasteiger partial charge in [0.05, 0.1) is 6.20 Å². The summed E-state index contributed by atoms with van der Waals surface area (Å²) in [5.74, 6) is 0.147. The lowest BCUT2D eigenvalue weighted by Crippen LogP contribution is -2.45. The van der Waals surface area contributed by atoms with Crippen LogP contribution in [0.5, 0.6) is 11.6 Å². The zero-order valence-electron chi connectivity index (χ0n) is 11.0. The van der Waals surface area contributed by atoms with Crippen LogP contribution in [-0.4, -0.2) is 42.0 Å². The van der Waals surface area contributed by atoms with Gasteiger partial charge in [-0.2, -0.15) is 0 Å². The van der Waals surface area contributed by atoms with Gasteiger partial charge in [-0.25, -0.2) is 4.98 Å². The number of hydrogen-bond donors (Lipinski definition) is 0. The van der Waals surface area contributed by atoms with Crippen molar-refractivity contribution in [3.8, 4) is 11.6 Å². The van der Waals surface area contributed by atoms with E-state index in [2.05, 4.69) is 14.6 Å². The average Bonchev–Trinajstić information content (AvgIpc) is 2.69. The number of rotatable bonds is 1. The monoisotopic (exact) mass is 288 g/mol. The molecular weight excluding hydrogens is 273 g/mol. The first-order chi connectivity index (χ1) is 9.35. The Hall–Kier alpha value is -1.50. The molecule has 1 saturated heterocycles. The largest absolute Gasteiger partial charge is 0.573 e. The molecule has 110 valence electrons. The summed E-state index contributed by atoms with van der Waals surface area (Å²) in [5, 5.41) is 0. The van der Waals surface area contributed by atoms with Gasteiger partial charge in [-0.05, 0) is 13.1 Å². The van der Waals surface area contributed by atoms with Gasteiger partial charge in [-0.1, -0.05) is 0 Å². The standard InChI is InChI=1S/C13H15F3N2O2/c1-18-4-2-12(3-5-18)7-9-6-10(19-13(14,15)16)8-17-11(9)20-12/h6,8H,2-5,7H2,1H3. The molecule has 2 aliphatic rings. The third kappa shape index (κ3) is 2.67. The highest BCUT2D eigenvalue weighted by molar-refractivity contribution is 5.38. The van der Waals surface area contributed by atoms with Crippen molar-refractivity contribution in [3.63, 3.8) is 0 Å². The summed E-state index contributed by atoms with van der Waals surface area (Å²) in [4.78, 5) is 6.16. The van der Waals surface area contributed by atoms with Crippen molar-refractivity contribution in [2.45, 2.75) is 31.2 Å². The van der Waals surface area contributed by atoms with Crippen LogP contribution in [0.1, 0.15) is 18.4 Å². The summed E-state index contributed by atoms with van der Waals surface area (Å²) < 4.78 is 46.4. The highest BCUT2D eigenvalue weighted by Crippen LogP contribution is 2.41. The van der Waals surface area contributed by atoms with E-state index in [1.807, 2.05) is 7.05 Å². The summed E-state index contributed by atoms with van der Waals surface area (Å²) in [7, 11) is 2.04. The Morgan fingerprint density at radius 2 is 2.05 bits per heavy atom. The molecule has 0 bridgehead atoms. The van der Waals surface area contributed by atoms with Crippen molar-refractivity contribution in [1.29, 1.82) is 0 Å². The lowest BCUT2D eigenvalue weighted by Gasteiger charge is -2.36. The average molecular weight is 288 g/mol. The van der Waals surface area contributed by atoms with E-state index in [9.17, 15) is 13.2 Å². The van der Waals surface area contributed by atoms with Crippen LogP contribution in [0.3, 0.4) is 0 Å². The molecule has 7 heteroatoms. The third-order valence-electron chi connectivity index (χ3n) is 3.86. The van der Waals surface area contributed by atoms with Crippen LogP contribution in [-0.2, 0) is 6.42 Å². The second-order valence-corrected chi connectivity index (χ2v) is 5.45. The van der Waals surface area contributed by atoms with Crippen LogP contribution in [0, 0.1) is 0 Å². The van der Waals surface area contributed by atoms with Crippen LogP contribution in [0.4, 0.5) is 13.2 Å². The molecule has 4 nitrogen and oxygen atoms in total. The van der Waals surface area contributed by atoms with Crippen LogP contribution < -0.4 is 9.47 Å². The minimum Gasteiger partial charge on any atom is -0.470 e. The summed E-state index contributed by atoms with van der Waals surface area (Å²) in [6, 6.07) is 1.38. The first kappa shape index (κ1) is 13.5. The highest BCUT2D eigenvalue weighted by atomic mass is 19.4. The maximum absolute atomic E-state index is 12.2. The molecule has 1 aromatic rings. The van der Waals surface area contributed by atoms with E-state index >= 15 is 0 Å². The number of aromatic nitrogens is 1. The van der Waals surface area contributed by atoms with E-state index in [1.165, 1.54) is 6.07 Å². The third-order valence-corrected chi connectivity index (χ3v) is 3.86. The summed E-state index contributed by atoms with van der Waals surface area (Å²) in [5.41, 5.74) is 0.384. The van der Waals surface area contributed by atoms with E-state index in [0.717, 1.165) is 32.1 Å². The maximum atomic E-state index is 12.2. The molecular formula is C13H15F3N2O2. The lowest BCUT2D eigenvalue weighted by atomic mass is 9.87. The van der Waals surface area contributed by atoms with Gasteiger partial charge in [-0.3, -0.25) is 0 Å². The molecule has 1 aromatic heterocycles. The van der Waals surface area contributed by atoms with Crippen LogP contribution in [0.2, 0.25) is 0 Å².